The Bertz CT molecular complexity index is 787. The van der Waals surface area contributed by atoms with E-state index in [1.165, 1.54) is 17.2 Å². The molecule has 1 aromatic heterocycles. The number of hydrogen-bond acceptors (Lipinski definition) is 3. The second-order valence-electron chi connectivity index (χ2n) is 6.66. The first kappa shape index (κ1) is 18.7. The average Bonchev–Trinajstić information content (AvgIpc) is 2.51. The fourth-order valence-corrected chi connectivity index (χ4v) is 2.44. The first-order chi connectivity index (χ1) is 11.7. The van der Waals surface area contributed by atoms with Gasteiger partial charge >= 0.3 is 6.03 Å². The van der Waals surface area contributed by atoms with Crippen LogP contribution in [-0.4, -0.2) is 22.5 Å². The summed E-state index contributed by atoms with van der Waals surface area (Å²) in [5.74, 6) is -0.318. The molecule has 1 aromatic carbocycles. The van der Waals surface area contributed by atoms with Crippen molar-refractivity contribution in [3.05, 3.63) is 58.9 Å². The number of nitrogens with one attached hydrogen (secondary N) is 1. The maximum Gasteiger partial charge on any atom is 0.319 e. The SMILES string of the molecule is CC(C)(C)NC(=O)c1cc(N(Cc2cccc(Cl)c2)C(N)=O)ccn1. The zero-order valence-electron chi connectivity index (χ0n) is 14.4. The molecule has 6 nitrogen and oxygen atoms in total. The second-order valence-corrected chi connectivity index (χ2v) is 7.09. The van der Waals surface area contributed by atoms with E-state index in [1.54, 1.807) is 24.3 Å². The smallest absolute Gasteiger partial charge is 0.319 e. The Morgan fingerprint density at radius 1 is 1.24 bits per heavy atom. The van der Waals surface area contributed by atoms with E-state index >= 15 is 0 Å². The van der Waals surface area contributed by atoms with Crippen LogP contribution in [0.15, 0.2) is 42.6 Å². The maximum atomic E-state index is 12.3. The van der Waals surface area contributed by atoms with E-state index in [9.17, 15) is 9.59 Å². The molecule has 0 unspecified atom stereocenters. The van der Waals surface area contributed by atoms with Crippen LogP contribution in [0.1, 0.15) is 36.8 Å². The first-order valence-electron chi connectivity index (χ1n) is 7.76. The number of aromatic nitrogens is 1. The minimum absolute atomic E-state index is 0.213. The van der Waals surface area contributed by atoms with Gasteiger partial charge < -0.3 is 11.1 Å². The summed E-state index contributed by atoms with van der Waals surface area (Å²) in [6.45, 7) is 5.87. The van der Waals surface area contributed by atoms with E-state index in [0.29, 0.717) is 10.7 Å². The van der Waals surface area contributed by atoms with Gasteiger partial charge in [-0.15, -0.1) is 0 Å². The largest absolute Gasteiger partial charge is 0.351 e. The van der Waals surface area contributed by atoms with E-state index in [2.05, 4.69) is 10.3 Å². The number of amides is 3. The molecule has 0 atom stereocenters. The van der Waals surface area contributed by atoms with Crippen LogP contribution in [0.2, 0.25) is 5.02 Å². The number of halogens is 1. The Hall–Kier alpha value is -2.60. The van der Waals surface area contributed by atoms with Crippen molar-refractivity contribution in [2.24, 2.45) is 5.73 Å². The quantitative estimate of drug-likeness (QED) is 0.876. The van der Waals surface area contributed by atoms with Gasteiger partial charge in [0.05, 0.1) is 6.54 Å². The summed E-state index contributed by atoms with van der Waals surface area (Å²) in [5.41, 5.74) is 6.65. The third-order valence-corrected chi connectivity index (χ3v) is 3.51. The molecule has 1 heterocycles. The molecular formula is C18H21ClN4O2. The van der Waals surface area contributed by atoms with Crippen molar-refractivity contribution in [1.82, 2.24) is 10.3 Å². The summed E-state index contributed by atoms with van der Waals surface area (Å²) < 4.78 is 0. The molecule has 0 radical (unpaired) electrons. The summed E-state index contributed by atoms with van der Waals surface area (Å²) in [4.78, 5) is 29.6. The minimum Gasteiger partial charge on any atom is -0.351 e. The van der Waals surface area contributed by atoms with Crippen LogP contribution in [0.25, 0.3) is 0 Å². The molecule has 0 aliphatic rings. The van der Waals surface area contributed by atoms with Gasteiger partial charge in [0.1, 0.15) is 5.69 Å². The molecule has 132 valence electrons. The number of rotatable bonds is 4. The van der Waals surface area contributed by atoms with Gasteiger partial charge in [-0.2, -0.15) is 0 Å². The van der Waals surface area contributed by atoms with Crippen LogP contribution in [0, 0.1) is 0 Å². The predicted octanol–water partition coefficient (Wildman–Crippen LogP) is 3.35. The van der Waals surface area contributed by atoms with Crippen molar-refractivity contribution in [3.63, 3.8) is 0 Å². The molecule has 3 amide bonds. The molecule has 0 aliphatic carbocycles. The van der Waals surface area contributed by atoms with Crippen LogP contribution < -0.4 is 16.0 Å². The van der Waals surface area contributed by atoms with Gasteiger partial charge in [0, 0.05) is 22.4 Å². The monoisotopic (exact) mass is 360 g/mol. The molecule has 2 rings (SSSR count). The van der Waals surface area contributed by atoms with Crippen molar-refractivity contribution in [1.29, 1.82) is 0 Å². The van der Waals surface area contributed by atoms with Gasteiger partial charge in [-0.1, -0.05) is 23.7 Å². The fourth-order valence-electron chi connectivity index (χ4n) is 2.23. The number of benzene rings is 1. The zero-order valence-corrected chi connectivity index (χ0v) is 15.2. The Morgan fingerprint density at radius 3 is 2.56 bits per heavy atom. The van der Waals surface area contributed by atoms with Crippen LogP contribution in [0.3, 0.4) is 0 Å². The Balaban J connectivity index is 2.28. The van der Waals surface area contributed by atoms with Gasteiger partial charge in [-0.3, -0.25) is 14.7 Å². The first-order valence-corrected chi connectivity index (χ1v) is 8.13. The molecule has 0 aliphatic heterocycles. The van der Waals surface area contributed by atoms with E-state index < -0.39 is 6.03 Å². The van der Waals surface area contributed by atoms with E-state index in [-0.39, 0.29) is 23.7 Å². The number of nitrogens with zero attached hydrogens (tertiary/aromatic N) is 2. The highest BCUT2D eigenvalue weighted by molar-refractivity contribution is 6.30. The minimum atomic E-state index is -0.631. The number of urea groups is 1. The van der Waals surface area contributed by atoms with Gasteiger partial charge in [-0.05, 0) is 50.6 Å². The fraction of sp³-hybridized carbons (Fsp3) is 0.278. The summed E-state index contributed by atoms with van der Waals surface area (Å²) >= 11 is 5.98. The van der Waals surface area contributed by atoms with Gasteiger partial charge in [0.15, 0.2) is 0 Å². The Kier molecular flexibility index (Phi) is 5.64. The molecule has 0 spiro atoms. The molecule has 3 N–H and O–H groups in total. The maximum absolute atomic E-state index is 12.3. The van der Waals surface area contributed by atoms with Crippen molar-refractivity contribution in [3.8, 4) is 0 Å². The number of pyridine rings is 1. The predicted molar refractivity (Wildman–Crippen MR) is 98.7 cm³/mol. The Labute approximate surface area is 152 Å². The molecule has 25 heavy (non-hydrogen) atoms. The van der Waals surface area contributed by atoms with Crippen LogP contribution in [0.5, 0.6) is 0 Å². The molecule has 0 saturated carbocycles. The lowest BCUT2D eigenvalue weighted by molar-refractivity contribution is 0.0914. The molecule has 7 heteroatoms. The highest BCUT2D eigenvalue weighted by atomic mass is 35.5. The van der Waals surface area contributed by atoms with E-state index in [4.69, 9.17) is 17.3 Å². The zero-order chi connectivity index (χ0) is 18.6. The lowest BCUT2D eigenvalue weighted by atomic mass is 10.1. The number of anilines is 1. The molecule has 0 saturated heterocycles. The number of carbonyl (C=O) groups is 2. The van der Waals surface area contributed by atoms with Crippen molar-refractivity contribution in [2.45, 2.75) is 32.9 Å². The van der Waals surface area contributed by atoms with Gasteiger partial charge in [-0.25, -0.2) is 4.79 Å². The topological polar surface area (TPSA) is 88.3 Å². The van der Waals surface area contributed by atoms with Crippen molar-refractivity contribution >= 4 is 29.2 Å². The average molecular weight is 361 g/mol. The second kappa shape index (κ2) is 7.53. The molecule has 0 bridgehead atoms. The lowest BCUT2D eigenvalue weighted by Crippen LogP contribution is -2.41. The Morgan fingerprint density at radius 2 is 1.96 bits per heavy atom. The number of hydrogen-bond donors (Lipinski definition) is 2. The summed E-state index contributed by atoms with van der Waals surface area (Å²) in [6.07, 6.45) is 1.47. The van der Waals surface area contributed by atoms with Gasteiger partial charge in [0.2, 0.25) is 0 Å². The number of carbonyl (C=O) groups excluding carboxylic acids is 2. The standard InChI is InChI=1S/C18H21ClN4O2/c1-18(2,3)22-16(24)15-10-14(7-8-21-15)23(17(20)25)11-12-5-4-6-13(19)9-12/h4-10H,11H2,1-3H3,(H2,20,25)(H,22,24). The van der Waals surface area contributed by atoms with Crippen LogP contribution in [-0.2, 0) is 6.54 Å². The van der Waals surface area contributed by atoms with Crippen molar-refractivity contribution < 1.29 is 9.59 Å². The highest BCUT2D eigenvalue weighted by Gasteiger charge is 2.19. The van der Waals surface area contributed by atoms with E-state index in [0.717, 1.165) is 5.56 Å². The normalized spacial score (nSPS) is 11.0. The van der Waals surface area contributed by atoms with Gasteiger partial charge in [0.25, 0.3) is 5.91 Å². The third kappa shape index (κ3) is 5.46. The van der Waals surface area contributed by atoms with E-state index in [1.807, 2.05) is 26.8 Å². The number of primary amides is 1. The molecular weight excluding hydrogens is 340 g/mol. The van der Waals surface area contributed by atoms with Crippen LogP contribution in [0.4, 0.5) is 10.5 Å². The summed E-state index contributed by atoms with van der Waals surface area (Å²) in [7, 11) is 0. The lowest BCUT2D eigenvalue weighted by Gasteiger charge is -2.22. The molecule has 0 fully saturated rings. The third-order valence-electron chi connectivity index (χ3n) is 3.27. The summed E-state index contributed by atoms with van der Waals surface area (Å²) in [6, 6.07) is 9.68. The highest BCUT2D eigenvalue weighted by Crippen LogP contribution is 2.20. The van der Waals surface area contributed by atoms with Crippen LogP contribution >= 0.6 is 11.6 Å². The number of nitrogens with two attached hydrogens (primary N) is 1. The van der Waals surface area contributed by atoms with Crippen molar-refractivity contribution in [2.75, 3.05) is 4.90 Å². The summed E-state index contributed by atoms with van der Waals surface area (Å²) in [5, 5.41) is 3.41. The molecule has 2 aromatic rings.